The molecule has 1 heterocycles. The Labute approximate surface area is 117 Å². The number of amides is 1. The molecule has 110 valence electrons. The van der Waals surface area contributed by atoms with Crippen LogP contribution in [0.5, 0.6) is 0 Å². The number of nitrogens with zero attached hydrogens (tertiary/aromatic N) is 1. The molecule has 0 aromatic rings. The van der Waals surface area contributed by atoms with E-state index in [1.54, 1.807) is 0 Å². The summed E-state index contributed by atoms with van der Waals surface area (Å²) < 4.78 is 0. The number of carbonyl (C=O) groups is 1. The number of nitrogens with two attached hydrogens (primary N) is 1. The van der Waals surface area contributed by atoms with Gasteiger partial charge in [-0.05, 0) is 50.5 Å². The van der Waals surface area contributed by atoms with E-state index in [0.29, 0.717) is 11.3 Å². The Bertz CT molecular complexity index is 274. The van der Waals surface area contributed by atoms with Crippen LogP contribution in [-0.2, 0) is 4.79 Å². The molecule has 1 spiro atoms. The van der Waals surface area contributed by atoms with E-state index in [0.717, 1.165) is 45.3 Å². The smallest absolute Gasteiger partial charge is 0.222 e. The van der Waals surface area contributed by atoms with E-state index in [4.69, 9.17) is 5.73 Å². The van der Waals surface area contributed by atoms with Gasteiger partial charge in [-0.3, -0.25) is 4.79 Å². The SMILES string of the molecule is NCCCCCCC(=O)N1CCC2(CCCC2)CC1. The summed E-state index contributed by atoms with van der Waals surface area (Å²) in [5.41, 5.74) is 6.09. The zero-order valence-electron chi connectivity index (χ0n) is 12.3. The predicted octanol–water partition coefficient (Wildman–Crippen LogP) is 3.08. The minimum atomic E-state index is 0.389. The van der Waals surface area contributed by atoms with Gasteiger partial charge in [-0.2, -0.15) is 0 Å². The van der Waals surface area contributed by atoms with Crippen molar-refractivity contribution in [3.8, 4) is 0 Å². The van der Waals surface area contributed by atoms with Crippen molar-refractivity contribution in [2.75, 3.05) is 19.6 Å². The Kier molecular flexibility index (Phi) is 5.68. The lowest BCUT2D eigenvalue weighted by Gasteiger charge is -2.39. The molecule has 2 rings (SSSR count). The number of hydrogen-bond acceptors (Lipinski definition) is 2. The van der Waals surface area contributed by atoms with Crippen molar-refractivity contribution in [2.24, 2.45) is 11.1 Å². The Balaban J connectivity index is 1.62. The van der Waals surface area contributed by atoms with Crippen LogP contribution in [0.1, 0.15) is 70.6 Å². The number of carbonyl (C=O) groups excluding carboxylic acids is 1. The van der Waals surface area contributed by atoms with Gasteiger partial charge in [0.15, 0.2) is 0 Å². The van der Waals surface area contributed by atoms with Crippen LogP contribution in [0.2, 0.25) is 0 Å². The van der Waals surface area contributed by atoms with E-state index in [1.165, 1.54) is 44.9 Å². The van der Waals surface area contributed by atoms with Crippen LogP contribution in [0, 0.1) is 5.41 Å². The van der Waals surface area contributed by atoms with Crippen LogP contribution in [0.3, 0.4) is 0 Å². The second-order valence-corrected chi connectivity index (χ2v) is 6.54. The van der Waals surface area contributed by atoms with Crippen LogP contribution < -0.4 is 5.73 Å². The number of rotatable bonds is 6. The first-order valence-electron chi connectivity index (χ1n) is 8.24. The van der Waals surface area contributed by atoms with E-state index in [-0.39, 0.29) is 0 Å². The molecule has 0 aromatic heterocycles. The molecular weight excluding hydrogens is 236 g/mol. The lowest BCUT2D eigenvalue weighted by molar-refractivity contribution is -0.133. The summed E-state index contributed by atoms with van der Waals surface area (Å²) in [4.78, 5) is 14.3. The lowest BCUT2D eigenvalue weighted by atomic mass is 9.77. The van der Waals surface area contributed by atoms with Crippen LogP contribution >= 0.6 is 0 Å². The van der Waals surface area contributed by atoms with Crippen LogP contribution in [0.15, 0.2) is 0 Å². The lowest BCUT2D eigenvalue weighted by Crippen LogP contribution is -2.42. The Hall–Kier alpha value is -0.570. The molecule has 1 aliphatic carbocycles. The summed E-state index contributed by atoms with van der Waals surface area (Å²) in [5, 5.41) is 0. The van der Waals surface area contributed by atoms with E-state index in [1.807, 2.05) is 0 Å². The molecule has 0 radical (unpaired) electrons. The molecule has 1 saturated carbocycles. The van der Waals surface area contributed by atoms with E-state index in [9.17, 15) is 4.79 Å². The summed E-state index contributed by atoms with van der Waals surface area (Å²) in [5.74, 6) is 0.389. The Morgan fingerprint density at radius 3 is 2.21 bits per heavy atom. The molecule has 19 heavy (non-hydrogen) atoms. The predicted molar refractivity (Wildman–Crippen MR) is 78.9 cm³/mol. The van der Waals surface area contributed by atoms with Crippen molar-refractivity contribution in [1.29, 1.82) is 0 Å². The fourth-order valence-corrected chi connectivity index (χ4v) is 3.79. The van der Waals surface area contributed by atoms with E-state index >= 15 is 0 Å². The van der Waals surface area contributed by atoms with Crippen molar-refractivity contribution in [3.63, 3.8) is 0 Å². The molecule has 0 unspecified atom stereocenters. The second kappa shape index (κ2) is 7.28. The van der Waals surface area contributed by atoms with Gasteiger partial charge in [0.25, 0.3) is 0 Å². The first kappa shape index (κ1) is 14.8. The molecule has 1 amide bonds. The topological polar surface area (TPSA) is 46.3 Å². The van der Waals surface area contributed by atoms with Gasteiger partial charge in [0.05, 0.1) is 0 Å². The Morgan fingerprint density at radius 1 is 0.947 bits per heavy atom. The molecular formula is C16H30N2O. The highest BCUT2D eigenvalue weighted by Gasteiger charge is 2.37. The first-order chi connectivity index (χ1) is 9.26. The zero-order chi connectivity index (χ0) is 13.6. The number of hydrogen-bond donors (Lipinski definition) is 1. The van der Waals surface area contributed by atoms with Crippen molar-refractivity contribution in [2.45, 2.75) is 70.6 Å². The minimum absolute atomic E-state index is 0.389. The minimum Gasteiger partial charge on any atom is -0.343 e. The summed E-state index contributed by atoms with van der Waals surface area (Å²) in [7, 11) is 0. The third-order valence-corrected chi connectivity index (χ3v) is 5.19. The van der Waals surface area contributed by atoms with E-state index in [2.05, 4.69) is 4.90 Å². The summed E-state index contributed by atoms with van der Waals surface area (Å²) in [6.07, 6.45) is 13.4. The Morgan fingerprint density at radius 2 is 1.58 bits per heavy atom. The van der Waals surface area contributed by atoms with Crippen LogP contribution in [0.4, 0.5) is 0 Å². The van der Waals surface area contributed by atoms with Gasteiger partial charge < -0.3 is 10.6 Å². The van der Waals surface area contributed by atoms with Crippen molar-refractivity contribution in [1.82, 2.24) is 4.90 Å². The first-order valence-corrected chi connectivity index (χ1v) is 8.24. The number of unbranched alkanes of at least 4 members (excludes halogenated alkanes) is 3. The number of piperidine rings is 1. The maximum Gasteiger partial charge on any atom is 0.222 e. The van der Waals surface area contributed by atoms with Gasteiger partial charge in [0, 0.05) is 19.5 Å². The van der Waals surface area contributed by atoms with Gasteiger partial charge >= 0.3 is 0 Å². The molecule has 0 aromatic carbocycles. The van der Waals surface area contributed by atoms with Crippen molar-refractivity contribution >= 4 is 5.91 Å². The third kappa shape index (κ3) is 4.20. The quantitative estimate of drug-likeness (QED) is 0.751. The molecule has 1 saturated heterocycles. The zero-order valence-corrected chi connectivity index (χ0v) is 12.3. The van der Waals surface area contributed by atoms with E-state index < -0.39 is 0 Å². The standard InChI is InChI=1S/C16H30N2O/c17-12-6-2-1-3-7-15(19)18-13-10-16(11-14-18)8-4-5-9-16/h1-14,17H2. The summed E-state index contributed by atoms with van der Waals surface area (Å²) in [6.45, 7) is 2.81. The average Bonchev–Trinajstić information content (AvgIpc) is 2.87. The molecule has 3 heteroatoms. The third-order valence-electron chi connectivity index (χ3n) is 5.19. The highest BCUT2D eigenvalue weighted by molar-refractivity contribution is 5.76. The summed E-state index contributed by atoms with van der Waals surface area (Å²) >= 11 is 0. The largest absolute Gasteiger partial charge is 0.343 e. The average molecular weight is 266 g/mol. The molecule has 2 aliphatic rings. The van der Waals surface area contributed by atoms with Gasteiger partial charge in [0.2, 0.25) is 5.91 Å². The normalized spacial score (nSPS) is 22.1. The van der Waals surface area contributed by atoms with Crippen LogP contribution in [0.25, 0.3) is 0 Å². The maximum absolute atomic E-state index is 12.1. The molecule has 0 bridgehead atoms. The fraction of sp³-hybridized carbons (Fsp3) is 0.938. The fourth-order valence-electron chi connectivity index (χ4n) is 3.79. The molecule has 0 atom stereocenters. The molecule has 2 N–H and O–H groups in total. The molecule has 2 fully saturated rings. The second-order valence-electron chi connectivity index (χ2n) is 6.54. The van der Waals surface area contributed by atoms with Crippen molar-refractivity contribution in [3.05, 3.63) is 0 Å². The molecule has 3 nitrogen and oxygen atoms in total. The van der Waals surface area contributed by atoms with Gasteiger partial charge in [-0.1, -0.05) is 25.7 Å². The van der Waals surface area contributed by atoms with Gasteiger partial charge in [-0.15, -0.1) is 0 Å². The highest BCUT2D eigenvalue weighted by atomic mass is 16.2. The van der Waals surface area contributed by atoms with Gasteiger partial charge in [-0.25, -0.2) is 0 Å². The monoisotopic (exact) mass is 266 g/mol. The highest BCUT2D eigenvalue weighted by Crippen LogP contribution is 2.46. The van der Waals surface area contributed by atoms with Crippen molar-refractivity contribution < 1.29 is 4.79 Å². The van der Waals surface area contributed by atoms with Gasteiger partial charge in [0.1, 0.15) is 0 Å². The summed E-state index contributed by atoms with van der Waals surface area (Å²) in [6, 6.07) is 0. The van der Waals surface area contributed by atoms with Crippen LogP contribution in [-0.4, -0.2) is 30.4 Å². The number of likely N-dealkylation sites (tertiary alicyclic amines) is 1. The molecule has 1 aliphatic heterocycles. The maximum atomic E-state index is 12.1.